The van der Waals surface area contributed by atoms with Gasteiger partial charge in [-0.15, -0.1) is 0 Å². The molecular formula is C9H13ClSi. The van der Waals surface area contributed by atoms with Crippen molar-refractivity contribution in [2.75, 3.05) is 0 Å². The van der Waals surface area contributed by atoms with Crippen LogP contribution in [0.2, 0.25) is 24.7 Å². The molecule has 0 aromatic heterocycles. The van der Waals surface area contributed by atoms with Crippen LogP contribution in [0, 0.1) is 0 Å². The average molecular weight is 185 g/mol. The predicted molar refractivity (Wildman–Crippen MR) is 54.4 cm³/mol. The van der Waals surface area contributed by atoms with Gasteiger partial charge in [-0.1, -0.05) is 48.6 Å². The van der Waals surface area contributed by atoms with Crippen LogP contribution in [0.25, 0.3) is 0 Å². The predicted octanol–water partition coefficient (Wildman–Crippen LogP) is 2.89. The minimum absolute atomic E-state index is 0.826. The van der Waals surface area contributed by atoms with Crippen LogP contribution in [0.4, 0.5) is 0 Å². The van der Waals surface area contributed by atoms with Crippen LogP contribution >= 0.6 is 11.6 Å². The van der Waals surface area contributed by atoms with E-state index in [9.17, 15) is 0 Å². The summed E-state index contributed by atoms with van der Waals surface area (Å²) in [7, 11) is -1.11. The summed E-state index contributed by atoms with van der Waals surface area (Å²) in [6.07, 6.45) is 0. The number of benzene rings is 1. The maximum Gasteiger partial charge on any atom is 0.0775 e. The lowest BCUT2D eigenvalue weighted by molar-refractivity contribution is 1.68. The van der Waals surface area contributed by atoms with Crippen molar-refractivity contribution >= 4 is 24.9 Å². The van der Waals surface area contributed by atoms with Gasteiger partial charge in [-0.2, -0.15) is 0 Å². The molecule has 11 heavy (non-hydrogen) atoms. The minimum Gasteiger partial charge on any atom is -0.0843 e. The Hall–Kier alpha value is -0.273. The van der Waals surface area contributed by atoms with Crippen LogP contribution in [-0.4, -0.2) is 8.07 Å². The van der Waals surface area contributed by atoms with Gasteiger partial charge in [-0.3, -0.25) is 0 Å². The normalized spacial score (nSPS) is 11.6. The summed E-state index contributed by atoms with van der Waals surface area (Å²) in [5.41, 5.74) is 0. The fourth-order valence-corrected chi connectivity index (χ4v) is 2.24. The zero-order valence-electron chi connectivity index (χ0n) is 7.19. The summed E-state index contributed by atoms with van der Waals surface area (Å²) in [4.78, 5) is 0. The third-order valence-corrected chi connectivity index (χ3v) is 4.03. The molecule has 0 bridgehead atoms. The summed E-state index contributed by atoms with van der Waals surface area (Å²) in [6, 6.07) is 8.20. The van der Waals surface area contributed by atoms with E-state index in [4.69, 9.17) is 11.6 Å². The van der Waals surface area contributed by atoms with Gasteiger partial charge in [0.25, 0.3) is 0 Å². The lowest BCUT2D eigenvalue weighted by atomic mass is 10.4. The van der Waals surface area contributed by atoms with E-state index in [-0.39, 0.29) is 0 Å². The Morgan fingerprint density at radius 3 is 1.82 bits per heavy atom. The summed E-state index contributed by atoms with van der Waals surface area (Å²) < 4.78 is 0. The summed E-state index contributed by atoms with van der Waals surface area (Å²) >= 11 is 5.78. The molecule has 1 aromatic carbocycles. The Morgan fingerprint density at radius 1 is 1.00 bits per heavy atom. The maximum absolute atomic E-state index is 5.78. The van der Waals surface area contributed by atoms with E-state index in [2.05, 4.69) is 31.8 Å². The van der Waals surface area contributed by atoms with Gasteiger partial charge in [0.1, 0.15) is 0 Å². The standard InChI is InChI=1S/C9H13ClSi/c1-11(2,3)9-6-4-8(10)5-7-9/h4-7H,1-3H3. The molecule has 0 unspecified atom stereocenters. The first-order valence-corrected chi connectivity index (χ1v) is 7.64. The lowest BCUT2D eigenvalue weighted by Gasteiger charge is -2.15. The first-order chi connectivity index (χ1) is 5.00. The van der Waals surface area contributed by atoms with Crippen LogP contribution in [-0.2, 0) is 0 Å². The largest absolute Gasteiger partial charge is 0.0843 e. The van der Waals surface area contributed by atoms with Crippen LogP contribution in [0.3, 0.4) is 0 Å². The van der Waals surface area contributed by atoms with Gasteiger partial charge >= 0.3 is 0 Å². The summed E-state index contributed by atoms with van der Waals surface area (Å²) in [6.45, 7) is 6.99. The quantitative estimate of drug-likeness (QED) is 0.589. The van der Waals surface area contributed by atoms with Gasteiger partial charge in [0.15, 0.2) is 0 Å². The fraction of sp³-hybridized carbons (Fsp3) is 0.333. The highest BCUT2D eigenvalue weighted by Crippen LogP contribution is 2.07. The molecule has 1 aromatic rings. The Labute approximate surface area is 74.2 Å². The Morgan fingerprint density at radius 2 is 1.45 bits per heavy atom. The van der Waals surface area contributed by atoms with E-state index in [1.54, 1.807) is 0 Å². The molecule has 0 spiro atoms. The molecule has 0 aliphatic heterocycles. The highest BCUT2D eigenvalue weighted by molar-refractivity contribution is 6.88. The number of hydrogen-bond acceptors (Lipinski definition) is 0. The van der Waals surface area contributed by atoms with E-state index >= 15 is 0 Å². The van der Waals surface area contributed by atoms with E-state index < -0.39 is 8.07 Å². The Balaban J connectivity index is 2.99. The third kappa shape index (κ3) is 2.35. The molecule has 2 heteroatoms. The molecule has 0 saturated carbocycles. The van der Waals surface area contributed by atoms with Crippen LogP contribution < -0.4 is 5.19 Å². The number of halogens is 1. The summed E-state index contributed by atoms with van der Waals surface area (Å²) in [5, 5.41) is 2.29. The van der Waals surface area contributed by atoms with Crippen molar-refractivity contribution in [1.29, 1.82) is 0 Å². The molecule has 0 nitrogen and oxygen atoms in total. The van der Waals surface area contributed by atoms with Crippen molar-refractivity contribution in [3.63, 3.8) is 0 Å². The monoisotopic (exact) mass is 184 g/mol. The highest BCUT2D eigenvalue weighted by Gasteiger charge is 2.14. The lowest BCUT2D eigenvalue weighted by Crippen LogP contribution is -2.37. The first-order valence-electron chi connectivity index (χ1n) is 3.76. The average Bonchev–Trinajstić information content (AvgIpc) is 1.86. The van der Waals surface area contributed by atoms with Crippen LogP contribution in [0.1, 0.15) is 0 Å². The summed E-state index contributed by atoms with van der Waals surface area (Å²) in [5.74, 6) is 0. The number of hydrogen-bond donors (Lipinski definition) is 0. The Bertz CT molecular complexity index is 233. The molecule has 1 rings (SSSR count). The van der Waals surface area contributed by atoms with Gasteiger partial charge < -0.3 is 0 Å². The zero-order valence-corrected chi connectivity index (χ0v) is 8.94. The van der Waals surface area contributed by atoms with Gasteiger partial charge in [0, 0.05) is 5.02 Å². The van der Waals surface area contributed by atoms with Gasteiger partial charge in [-0.25, -0.2) is 0 Å². The minimum atomic E-state index is -1.11. The van der Waals surface area contributed by atoms with Crippen molar-refractivity contribution in [2.24, 2.45) is 0 Å². The van der Waals surface area contributed by atoms with Crippen LogP contribution in [0.5, 0.6) is 0 Å². The molecule has 0 radical (unpaired) electrons. The van der Waals surface area contributed by atoms with Gasteiger partial charge in [0.05, 0.1) is 8.07 Å². The topological polar surface area (TPSA) is 0 Å². The van der Waals surface area contributed by atoms with Crippen molar-refractivity contribution in [1.82, 2.24) is 0 Å². The highest BCUT2D eigenvalue weighted by atomic mass is 35.5. The van der Waals surface area contributed by atoms with Crippen molar-refractivity contribution < 1.29 is 0 Å². The second kappa shape index (κ2) is 3.00. The van der Waals surface area contributed by atoms with E-state index in [0.29, 0.717) is 0 Å². The van der Waals surface area contributed by atoms with Gasteiger partial charge in [0.2, 0.25) is 0 Å². The molecule has 0 heterocycles. The molecule has 0 fully saturated rings. The third-order valence-electron chi connectivity index (χ3n) is 1.71. The van der Waals surface area contributed by atoms with E-state index in [1.165, 1.54) is 5.19 Å². The molecule has 0 saturated heterocycles. The van der Waals surface area contributed by atoms with E-state index in [1.807, 2.05) is 12.1 Å². The molecule has 60 valence electrons. The fourth-order valence-electron chi connectivity index (χ4n) is 0.950. The van der Waals surface area contributed by atoms with E-state index in [0.717, 1.165) is 5.02 Å². The molecule has 0 aliphatic rings. The second-order valence-corrected chi connectivity index (χ2v) is 9.27. The molecule has 0 atom stereocenters. The Kier molecular flexibility index (Phi) is 2.40. The maximum atomic E-state index is 5.78. The van der Waals surface area contributed by atoms with Crippen molar-refractivity contribution in [3.05, 3.63) is 29.3 Å². The first kappa shape index (κ1) is 8.82. The molecule has 0 aliphatic carbocycles. The van der Waals surface area contributed by atoms with Crippen LogP contribution in [0.15, 0.2) is 24.3 Å². The molecule has 0 N–H and O–H groups in total. The zero-order chi connectivity index (χ0) is 8.48. The second-order valence-electron chi connectivity index (χ2n) is 3.76. The van der Waals surface area contributed by atoms with Crippen molar-refractivity contribution in [2.45, 2.75) is 19.6 Å². The number of rotatable bonds is 1. The molecular weight excluding hydrogens is 172 g/mol. The van der Waals surface area contributed by atoms with Crippen molar-refractivity contribution in [3.8, 4) is 0 Å². The molecule has 0 amide bonds. The SMILES string of the molecule is C[Si](C)(C)c1ccc(Cl)cc1. The smallest absolute Gasteiger partial charge is 0.0775 e. The van der Waals surface area contributed by atoms with Gasteiger partial charge in [-0.05, 0) is 12.1 Å².